The van der Waals surface area contributed by atoms with Crippen LogP contribution < -0.4 is 0 Å². The zero-order chi connectivity index (χ0) is 13.8. The number of benzene rings is 1. The van der Waals surface area contributed by atoms with Crippen LogP contribution in [0.15, 0.2) is 36.7 Å². The van der Waals surface area contributed by atoms with Gasteiger partial charge in [0.05, 0.1) is 6.42 Å². The first-order valence-corrected chi connectivity index (χ1v) is 5.94. The molecule has 0 aliphatic rings. The van der Waals surface area contributed by atoms with Crippen LogP contribution in [0.5, 0.6) is 0 Å². The average molecular weight is 258 g/mol. The molecule has 1 aromatic carbocycles. The Bertz CT molecular complexity index is 590. The molecule has 2 rings (SSSR count). The van der Waals surface area contributed by atoms with Gasteiger partial charge in [0.15, 0.2) is 5.78 Å². The number of nitrogens with zero attached hydrogens (tertiary/aromatic N) is 1. The van der Waals surface area contributed by atoms with Crippen molar-refractivity contribution in [2.75, 3.05) is 0 Å². The molecule has 1 atom stereocenters. The molecule has 0 amide bonds. The summed E-state index contributed by atoms with van der Waals surface area (Å²) in [4.78, 5) is 30.1. The number of imidazole rings is 1. The van der Waals surface area contributed by atoms with Crippen LogP contribution in [0.25, 0.3) is 11.4 Å². The van der Waals surface area contributed by atoms with Crippen LogP contribution in [0.4, 0.5) is 0 Å². The Morgan fingerprint density at radius 1 is 1.37 bits per heavy atom. The number of nitrogens with one attached hydrogen (secondary N) is 1. The number of aromatic amines is 1. The molecular formula is C14H14N2O3. The summed E-state index contributed by atoms with van der Waals surface area (Å²) in [7, 11) is 0. The molecule has 1 unspecified atom stereocenters. The summed E-state index contributed by atoms with van der Waals surface area (Å²) in [5.41, 5.74) is 1.18. The third-order valence-electron chi connectivity index (χ3n) is 2.87. The maximum atomic E-state index is 12.3. The summed E-state index contributed by atoms with van der Waals surface area (Å²) in [5, 5.41) is 8.76. The van der Waals surface area contributed by atoms with Crippen LogP contribution in [0.1, 0.15) is 23.7 Å². The summed E-state index contributed by atoms with van der Waals surface area (Å²) in [6.45, 7) is 1.62. The maximum absolute atomic E-state index is 12.3. The Balaban J connectivity index is 2.35. The number of aliphatic carboxylic acids is 1. The molecule has 2 N–H and O–H groups in total. The molecule has 0 bridgehead atoms. The number of H-pyrrole nitrogens is 1. The highest BCUT2D eigenvalue weighted by molar-refractivity contribution is 6.03. The van der Waals surface area contributed by atoms with Crippen molar-refractivity contribution in [2.24, 2.45) is 5.92 Å². The second-order valence-corrected chi connectivity index (χ2v) is 4.35. The molecule has 2 aromatic rings. The quantitative estimate of drug-likeness (QED) is 0.806. The highest BCUT2D eigenvalue weighted by Gasteiger charge is 2.21. The van der Waals surface area contributed by atoms with E-state index in [1.54, 1.807) is 37.5 Å². The van der Waals surface area contributed by atoms with Gasteiger partial charge in [-0.05, 0) is 0 Å². The lowest BCUT2D eigenvalue weighted by Gasteiger charge is -2.11. The predicted octanol–water partition coefficient (Wildman–Crippen LogP) is 2.37. The van der Waals surface area contributed by atoms with Gasteiger partial charge in [0, 0.05) is 29.4 Å². The number of hydrogen-bond donors (Lipinski definition) is 2. The Hall–Kier alpha value is -2.43. The third kappa shape index (κ3) is 2.88. The van der Waals surface area contributed by atoms with Gasteiger partial charge in [-0.25, -0.2) is 4.98 Å². The van der Waals surface area contributed by atoms with Crippen molar-refractivity contribution in [3.05, 3.63) is 42.2 Å². The SMILES string of the molecule is CC(CC(=O)O)C(=O)c1ccccc1-c1ncc[nH]1. The molecule has 0 saturated heterocycles. The molecule has 5 heteroatoms. The Morgan fingerprint density at radius 3 is 2.74 bits per heavy atom. The number of carbonyl (C=O) groups is 2. The van der Waals surface area contributed by atoms with Crippen molar-refractivity contribution in [1.82, 2.24) is 9.97 Å². The number of carbonyl (C=O) groups excluding carboxylic acids is 1. The van der Waals surface area contributed by atoms with E-state index in [1.807, 2.05) is 6.07 Å². The minimum atomic E-state index is -0.976. The Kier molecular flexibility index (Phi) is 3.75. The van der Waals surface area contributed by atoms with Crippen LogP contribution in [0.3, 0.4) is 0 Å². The average Bonchev–Trinajstić information content (AvgIpc) is 2.91. The molecule has 0 spiro atoms. The van der Waals surface area contributed by atoms with Crippen molar-refractivity contribution in [3.63, 3.8) is 0 Å². The number of Topliss-reactive ketones (excluding diaryl/α,β-unsaturated/α-hetero) is 1. The van der Waals surface area contributed by atoms with Gasteiger partial charge in [-0.1, -0.05) is 31.2 Å². The van der Waals surface area contributed by atoms with Gasteiger partial charge in [0.25, 0.3) is 0 Å². The summed E-state index contributed by atoms with van der Waals surface area (Å²) >= 11 is 0. The fourth-order valence-corrected chi connectivity index (χ4v) is 1.94. The largest absolute Gasteiger partial charge is 0.481 e. The van der Waals surface area contributed by atoms with Crippen LogP contribution >= 0.6 is 0 Å². The van der Waals surface area contributed by atoms with E-state index in [9.17, 15) is 9.59 Å². The van der Waals surface area contributed by atoms with Gasteiger partial charge in [-0.15, -0.1) is 0 Å². The van der Waals surface area contributed by atoms with Crippen LogP contribution in [-0.4, -0.2) is 26.8 Å². The first-order chi connectivity index (χ1) is 9.09. The minimum Gasteiger partial charge on any atom is -0.481 e. The van der Waals surface area contributed by atoms with E-state index in [2.05, 4.69) is 9.97 Å². The number of hydrogen-bond acceptors (Lipinski definition) is 3. The first-order valence-electron chi connectivity index (χ1n) is 5.94. The number of aromatic nitrogens is 2. The van der Waals surface area contributed by atoms with Crippen LogP contribution in [-0.2, 0) is 4.79 Å². The van der Waals surface area contributed by atoms with Crippen LogP contribution in [0, 0.1) is 5.92 Å². The number of rotatable bonds is 5. The van der Waals surface area contributed by atoms with E-state index in [0.29, 0.717) is 17.0 Å². The molecule has 0 aliphatic carbocycles. The summed E-state index contributed by atoms with van der Waals surface area (Å²) in [6.07, 6.45) is 3.11. The highest BCUT2D eigenvalue weighted by Crippen LogP contribution is 2.23. The first kappa shape index (κ1) is 13.0. The lowest BCUT2D eigenvalue weighted by Crippen LogP contribution is -2.16. The topological polar surface area (TPSA) is 83.0 Å². The van der Waals surface area contributed by atoms with Gasteiger partial charge in [0.2, 0.25) is 0 Å². The molecule has 0 radical (unpaired) electrons. The van der Waals surface area contributed by atoms with Crippen molar-refractivity contribution < 1.29 is 14.7 Å². The minimum absolute atomic E-state index is 0.175. The second-order valence-electron chi connectivity index (χ2n) is 4.35. The van der Waals surface area contributed by atoms with E-state index in [-0.39, 0.29) is 12.2 Å². The normalized spacial score (nSPS) is 12.1. The maximum Gasteiger partial charge on any atom is 0.304 e. The summed E-state index contributed by atoms with van der Waals surface area (Å²) in [5.74, 6) is -1.12. The zero-order valence-corrected chi connectivity index (χ0v) is 10.5. The van der Waals surface area contributed by atoms with Crippen molar-refractivity contribution >= 4 is 11.8 Å². The molecule has 1 aromatic heterocycles. The van der Waals surface area contributed by atoms with E-state index in [0.717, 1.165) is 0 Å². The fraction of sp³-hybridized carbons (Fsp3) is 0.214. The lowest BCUT2D eigenvalue weighted by molar-refractivity contribution is -0.137. The smallest absolute Gasteiger partial charge is 0.304 e. The van der Waals surface area contributed by atoms with Gasteiger partial charge in [0.1, 0.15) is 5.82 Å². The molecule has 0 fully saturated rings. The van der Waals surface area contributed by atoms with E-state index < -0.39 is 11.9 Å². The third-order valence-corrected chi connectivity index (χ3v) is 2.87. The van der Waals surface area contributed by atoms with E-state index in [4.69, 9.17) is 5.11 Å². The molecule has 19 heavy (non-hydrogen) atoms. The van der Waals surface area contributed by atoms with Crippen molar-refractivity contribution in [3.8, 4) is 11.4 Å². The zero-order valence-electron chi connectivity index (χ0n) is 10.5. The van der Waals surface area contributed by atoms with Gasteiger partial charge in [-0.3, -0.25) is 9.59 Å². The summed E-state index contributed by atoms with van der Waals surface area (Å²) in [6, 6.07) is 7.06. The van der Waals surface area contributed by atoms with E-state index in [1.165, 1.54) is 0 Å². The van der Waals surface area contributed by atoms with Crippen LogP contribution in [0.2, 0.25) is 0 Å². The lowest BCUT2D eigenvalue weighted by atomic mass is 9.93. The molecule has 1 heterocycles. The molecule has 0 saturated carbocycles. The van der Waals surface area contributed by atoms with E-state index >= 15 is 0 Å². The molecular weight excluding hydrogens is 244 g/mol. The standard InChI is InChI=1S/C14H14N2O3/c1-9(8-12(17)18)13(19)10-4-2-3-5-11(10)14-15-6-7-16-14/h2-7,9H,8H2,1H3,(H,15,16)(H,17,18). The highest BCUT2D eigenvalue weighted by atomic mass is 16.4. The van der Waals surface area contributed by atoms with Crippen molar-refractivity contribution in [2.45, 2.75) is 13.3 Å². The number of ketones is 1. The Labute approximate surface area is 110 Å². The van der Waals surface area contributed by atoms with Gasteiger partial charge in [-0.2, -0.15) is 0 Å². The Morgan fingerprint density at radius 2 is 2.11 bits per heavy atom. The van der Waals surface area contributed by atoms with Gasteiger partial charge < -0.3 is 10.1 Å². The number of carboxylic acid groups (broad SMARTS) is 1. The molecule has 98 valence electrons. The molecule has 5 nitrogen and oxygen atoms in total. The molecule has 0 aliphatic heterocycles. The summed E-state index contributed by atoms with van der Waals surface area (Å²) < 4.78 is 0. The monoisotopic (exact) mass is 258 g/mol. The van der Waals surface area contributed by atoms with Crippen molar-refractivity contribution in [1.29, 1.82) is 0 Å². The predicted molar refractivity (Wildman–Crippen MR) is 69.8 cm³/mol. The second kappa shape index (κ2) is 5.48. The fourth-order valence-electron chi connectivity index (χ4n) is 1.94. The van der Waals surface area contributed by atoms with Gasteiger partial charge >= 0.3 is 5.97 Å². The number of carboxylic acids is 1.